The van der Waals surface area contributed by atoms with Gasteiger partial charge in [0.05, 0.1) is 14.2 Å². The molecule has 1 aromatic rings. The maximum absolute atomic E-state index is 10.5. The summed E-state index contributed by atoms with van der Waals surface area (Å²) in [7, 11) is 2.95. The standard InChI is InChI=1S/C10H12O3.C3H6O2.C2H6/c1-8(11)13-7-9-4-3-5-10(6-9)12-2;1-3(4)5-2;1-2/h3-6H,7H2,1-2H3;1-2H3;1-2H3. The summed E-state index contributed by atoms with van der Waals surface area (Å²) in [4.78, 5) is 20.1. The molecule has 0 saturated carbocycles. The van der Waals surface area contributed by atoms with Crippen molar-refractivity contribution in [1.29, 1.82) is 0 Å². The Morgan fingerprint density at radius 3 is 2.00 bits per heavy atom. The summed E-state index contributed by atoms with van der Waals surface area (Å²) in [6.45, 7) is 7.05. The third-order valence-corrected chi connectivity index (χ3v) is 1.86. The summed E-state index contributed by atoms with van der Waals surface area (Å²) in [6.07, 6.45) is 0. The van der Waals surface area contributed by atoms with E-state index in [1.807, 2.05) is 38.1 Å². The van der Waals surface area contributed by atoms with E-state index in [2.05, 4.69) is 4.74 Å². The number of methoxy groups -OCH3 is 2. The topological polar surface area (TPSA) is 61.8 Å². The number of hydrogen-bond acceptors (Lipinski definition) is 5. The smallest absolute Gasteiger partial charge is 0.302 e. The highest BCUT2D eigenvalue weighted by atomic mass is 16.5. The second kappa shape index (κ2) is 13.4. The van der Waals surface area contributed by atoms with Gasteiger partial charge in [0.2, 0.25) is 0 Å². The summed E-state index contributed by atoms with van der Waals surface area (Å²) in [5, 5.41) is 0. The van der Waals surface area contributed by atoms with Crippen molar-refractivity contribution < 1.29 is 23.8 Å². The van der Waals surface area contributed by atoms with E-state index in [9.17, 15) is 9.59 Å². The molecule has 0 unspecified atom stereocenters. The lowest BCUT2D eigenvalue weighted by atomic mass is 10.2. The number of carbonyl (C=O) groups is 2. The van der Waals surface area contributed by atoms with E-state index < -0.39 is 0 Å². The van der Waals surface area contributed by atoms with Crippen molar-refractivity contribution >= 4 is 11.9 Å². The Morgan fingerprint density at radius 1 is 1.05 bits per heavy atom. The van der Waals surface area contributed by atoms with Crippen molar-refractivity contribution in [2.75, 3.05) is 14.2 Å². The molecule has 0 aliphatic carbocycles. The molecule has 0 saturated heterocycles. The predicted octanol–water partition coefficient (Wildman–Crippen LogP) is 2.96. The largest absolute Gasteiger partial charge is 0.497 e. The van der Waals surface area contributed by atoms with Crippen LogP contribution in [0.25, 0.3) is 0 Å². The van der Waals surface area contributed by atoms with Crippen LogP contribution >= 0.6 is 0 Å². The minimum atomic E-state index is -0.275. The summed E-state index contributed by atoms with van der Waals surface area (Å²) >= 11 is 0. The SMILES string of the molecule is CC.COC(C)=O.COc1cccc(COC(C)=O)c1. The summed E-state index contributed by atoms with van der Waals surface area (Å²) in [5.41, 5.74) is 0.926. The monoisotopic (exact) mass is 284 g/mol. The van der Waals surface area contributed by atoms with Crippen molar-refractivity contribution in [3.05, 3.63) is 29.8 Å². The highest BCUT2D eigenvalue weighted by Gasteiger charge is 1.97. The average Bonchev–Trinajstić information content (AvgIpc) is 2.48. The fourth-order valence-corrected chi connectivity index (χ4v) is 0.947. The van der Waals surface area contributed by atoms with Gasteiger partial charge in [-0.25, -0.2) is 0 Å². The minimum Gasteiger partial charge on any atom is -0.497 e. The first-order chi connectivity index (χ1) is 9.49. The van der Waals surface area contributed by atoms with Gasteiger partial charge in [0, 0.05) is 13.8 Å². The molecule has 0 bridgehead atoms. The molecule has 0 N–H and O–H groups in total. The molecule has 0 radical (unpaired) electrons. The molecular weight excluding hydrogens is 260 g/mol. The number of carbonyl (C=O) groups excluding carboxylic acids is 2. The van der Waals surface area contributed by atoms with E-state index in [4.69, 9.17) is 9.47 Å². The number of hydrogen-bond donors (Lipinski definition) is 0. The van der Waals surface area contributed by atoms with Crippen LogP contribution in [0, 0.1) is 0 Å². The van der Waals surface area contributed by atoms with Crippen LogP contribution in [-0.4, -0.2) is 26.2 Å². The molecule has 114 valence electrons. The zero-order chi connectivity index (χ0) is 16.0. The van der Waals surface area contributed by atoms with E-state index in [1.54, 1.807) is 7.11 Å². The van der Waals surface area contributed by atoms with Crippen LogP contribution in [0.3, 0.4) is 0 Å². The van der Waals surface area contributed by atoms with Crippen LogP contribution in [0.2, 0.25) is 0 Å². The first-order valence-corrected chi connectivity index (χ1v) is 6.30. The highest BCUT2D eigenvalue weighted by Crippen LogP contribution is 2.12. The Bertz CT molecular complexity index is 388. The number of ether oxygens (including phenoxy) is 3. The lowest BCUT2D eigenvalue weighted by Crippen LogP contribution is -1.98. The summed E-state index contributed by atoms with van der Waals surface area (Å²) in [6, 6.07) is 7.42. The molecule has 0 aliphatic heterocycles. The zero-order valence-corrected chi connectivity index (χ0v) is 13.1. The highest BCUT2D eigenvalue weighted by molar-refractivity contribution is 5.66. The van der Waals surface area contributed by atoms with Gasteiger partial charge in [-0.1, -0.05) is 26.0 Å². The lowest BCUT2D eigenvalue weighted by molar-refractivity contribution is -0.142. The van der Waals surface area contributed by atoms with Crippen LogP contribution in [0.1, 0.15) is 33.3 Å². The van der Waals surface area contributed by atoms with Gasteiger partial charge in [0.25, 0.3) is 0 Å². The molecule has 0 aliphatic rings. The Labute approximate surface area is 120 Å². The summed E-state index contributed by atoms with van der Waals surface area (Å²) < 4.78 is 14.0. The van der Waals surface area contributed by atoms with Gasteiger partial charge >= 0.3 is 11.9 Å². The van der Waals surface area contributed by atoms with Crippen LogP contribution in [-0.2, 0) is 25.7 Å². The van der Waals surface area contributed by atoms with Gasteiger partial charge in [-0.2, -0.15) is 0 Å². The molecule has 0 aromatic heterocycles. The normalized spacial score (nSPS) is 8.10. The number of esters is 2. The zero-order valence-electron chi connectivity index (χ0n) is 13.1. The molecule has 0 spiro atoms. The van der Waals surface area contributed by atoms with Crippen LogP contribution < -0.4 is 4.74 Å². The fraction of sp³-hybridized carbons (Fsp3) is 0.467. The van der Waals surface area contributed by atoms with Crippen LogP contribution in [0.5, 0.6) is 5.75 Å². The van der Waals surface area contributed by atoms with Crippen molar-refractivity contribution in [2.24, 2.45) is 0 Å². The van der Waals surface area contributed by atoms with Gasteiger partial charge < -0.3 is 14.2 Å². The predicted molar refractivity (Wildman–Crippen MR) is 77.5 cm³/mol. The molecule has 0 amide bonds. The molecule has 0 atom stereocenters. The Morgan fingerprint density at radius 2 is 1.60 bits per heavy atom. The maximum atomic E-state index is 10.5. The first-order valence-electron chi connectivity index (χ1n) is 6.30. The van der Waals surface area contributed by atoms with Gasteiger partial charge in [-0.05, 0) is 17.7 Å². The van der Waals surface area contributed by atoms with E-state index >= 15 is 0 Å². The Kier molecular flexibility index (Phi) is 13.6. The average molecular weight is 284 g/mol. The van der Waals surface area contributed by atoms with Crippen molar-refractivity contribution in [3.8, 4) is 5.75 Å². The molecule has 0 fully saturated rings. The maximum Gasteiger partial charge on any atom is 0.302 e. The Balaban J connectivity index is 0. The van der Waals surface area contributed by atoms with Gasteiger partial charge in [0.15, 0.2) is 0 Å². The van der Waals surface area contributed by atoms with Crippen molar-refractivity contribution in [1.82, 2.24) is 0 Å². The Hall–Kier alpha value is -2.04. The molecule has 1 rings (SSSR count). The van der Waals surface area contributed by atoms with Crippen molar-refractivity contribution in [2.45, 2.75) is 34.3 Å². The molecular formula is C15H24O5. The third kappa shape index (κ3) is 12.4. The van der Waals surface area contributed by atoms with E-state index in [1.165, 1.54) is 21.0 Å². The number of rotatable bonds is 3. The number of benzene rings is 1. The first kappa shape index (κ1) is 20.3. The van der Waals surface area contributed by atoms with E-state index in [-0.39, 0.29) is 11.9 Å². The molecule has 5 heteroatoms. The molecule has 20 heavy (non-hydrogen) atoms. The van der Waals surface area contributed by atoms with Gasteiger partial charge in [-0.3, -0.25) is 9.59 Å². The summed E-state index contributed by atoms with van der Waals surface area (Å²) in [5.74, 6) is 0.248. The van der Waals surface area contributed by atoms with Crippen molar-refractivity contribution in [3.63, 3.8) is 0 Å². The molecule has 0 heterocycles. The fourth-order valence-electron chi connectivity index (χ4n) is 0.947. The van der Waals surface area contributed by atoms with Crippen LogP contribution in [0.4, 0.5) is 0 Å². The second-order valence-corrected chi connectivity index (χ2v) is 3.33. The van der Waals surface area contributed by atoms with Gasteiger partial charge in [0.1, 0.15) is 12.4 Å². The second-order valence-electron chi connectivity index (χ2n) is 3.33. The minimum absolute atomic E-state index is 0.245. The van der Waals surface area contributed by atoms with Crippen LogP contribution in [0.15, 0.2) is 24.3 Å². The molecule has 1 aromatic carbocycles. The van der Waals surface area contributed by atoms with E-state index in [0.29, 0.717) is 6.61 Å². The quantitative estimate of drug-likeness (QED) is 0.798. The van der Waals surface area contributed by atoms with Gasteiger partial charge in [-0.15, -0.1) is 0 Å². The third-order valence-electron chi connectivity index (χ3n) is 1.86. The lowest BCUT2D eigenvalue weighted by Gasteiger charge is -2.04. The van der Waals surface area contributed by atoms with E-state index in [0.717, 1.165) is 11.3 Å². The molecule has 5 nitrogen and oxygen atoms in total.